The first-order chi connectivity index (χ1) is 12.7. The van der Waals surface area contributed by atoms with Crippen LogP contribution < -0.4 is 5.32 Å². The fourth-order valence-electron chi connectivity index (χ4n) is 3.20. The fraction of sp³-hybridized carbons (Fsp3) is 0.350. The van der Waals surface area contributed by atoms with Crippen molar-refractivity contribution in [3.05, 3.63) is 65.0 Å². The van der Waals surface area contributed by atoms with Crippen LogP contribution in [0.4, 0.5) is 4.39 Å². The molecule has 1 unspecified atom stereocenters. The summed E-state index contributed by atoms with van der Waals surface area (Å²) in [5, 5.41) is 2.74. The molecule has 1 atom stereocenters. The van der Waals surface area contributed by atoms with Gasteiger partial charge in [0.05, 0.1) is 4.90 Å². The molecule has 2 aromatic rings. The van der Waals surface area contributed by atoms with Crippen molar-refractivity contribution in [2.24, 2.45) is 0 Å². The molecular formula is C20H23FN2O3S. The number of hydrogen-bond acceptors (Lipinski definition) is 3. The topological polar surface area (TPSA) is 66.5 Å². The molecule has 0 aliphatic carbocycles. The number of hydrogen-bond donors (Lipinski definition) is 1. The molecule has 1 aliphatic heterocycles. The fourth-order valence-corrected chi connectivity index (χ4v) is 4.86. The number of aryl methyl sites for hydroxylation is 1. The highest BCUT2D eigenvalue weighted by molar-refractivity contribution is 7.89. The minimum Gasteiger partial charge on any atom is -0.353 e. The monoisotopic (exact) mass is 390 g/mol. The highest BCUT2D eigenvalue weighted by atomic mass is 32.2. The normalized spacial score (nSPS) is 18.6. The van der Waals surface area contributed by atoms with E-state index >= 15 is 0 Å². The van der Waals surface area contributed by atoms with E-state index < -0.39 is 21.9 Å². The molecular weight excluding hydrogens is 367 g/mol. The zero-order valence-electron chi connectivity index (χ0n) is 15.6. The summed E-state index contributed by atoms with van der Waals surface area (Å²) < 4.78 is 41.1. The molecule has 1 amide bonds. The molecule has 144 valence electrons. The van der Waals surface area contributed by atoms with E-state index in [0.29, 0.717) is 11.5 Å². The number of nitrogens with zero attached hydrogens (tertiary/aromatic N) is 1. The number of halogens is 1. The number of nitrogens with one attached hydrogen (secondary N) is 1. The summed E-state index contributed by atoms with van der Waals surface area (Å²) in [6.07, 6.45) is 0. The van der Waals surface area contributed by atoms with Crippen molar-refractivity contribution < 1.29 is 17.6 Å². The van der Waals surface area contributed by atoms with Crippen LogP contribution in [-0.2, 0) is 14.8 Å². The largest absolute Gasteiger partial charge is 0.353 e. The molecule has 7 heteroatoms. The maximum Gasteiger partial charge on any atom is 0.244 e. The predicted molar refractivity (Wildman–Crippen MR) is 101 cm³/mol. The first-order valence-electron chi connectivity index (χ1n) is 8.87. The summed E-state index contributed by atoms with van der Waals surface area (Å²) in [7, 11) is -3.95. The molecule has 3 rings (SSSR count). The molecule has 0 spiro atoms. The number of sulfonamides is 1. The van der Waals surface area contributed by atoms with E-state index in [1.807, 2.05) is 12.1 Å². The Morgan fingerprint density at radius 2 is 1.81 bits per heavy atom. The van der Waals surface area contributed by atoms with Crippen molar-refractivity contribution >= 4 is 15.9 Å². The van der Waals surface area contributed by atoms with Crippen LogP contribution in [0, 0.1) is 12.7 Å². The van der Waals surface area contributed by atoms with Crippen LogP contribution in [-0.4, -0.2) is 31.7 Å². The maximum atomic E-state index is 13.6. The van der Waals surface area contributed by atoms with Gasteiger partial charge in [0, 0.05) is 13.1 Å². The third-order valence-corrected chi connectivity index (χ3v) is 6.68. The average Bonchev–Trinajstić information content (AvgIpc) is 2.63. The van der Waals surface area contributed by atoms with Gasteiger partial charge >= 0.3 is 0 Å². The van der Waals surface area contributed by atoms with E-state index in [9.17, 15) is 17.6 Å². The summed E-state index contributed by atoms with van der Waals surface area (Å²) in [6.45, 7) is 6.03. The predicted octanol–water partition coefficient (Wildman–Crippen LogP) is 3.12. The molecule has 2 aromatic carbocycles. The minimum absolute atomic E-state index is 0.0140. The standard InChI is InChI=1S/C20H23FN2O3S/c1-13(2)15-4-6-16(7-5-15)19-20(24)22-10-11-23(19)27(25,26)17-8-9-18(21)14(3)12-17/h4-9,12-13,19H,10-11H2,1-3H3,(H,22,24). The molecule has 1 N–H and O–H groups in total. The van der Waals surface area contributed by atoms with Gasteiger partial charge in [-0.1, -0.05) is 38.1 Å². The number of carbonyl (C=O) groups is 1. The van der Waals surface area contributed by atoms with Crippen molar-refractivity contribution in [2.45, 2.75) is 37.6 Å². The van der Waals surface area contributed by atoms with Gasteiger partial charge in [-0.05, 0) is 47.7 Å². The van der Waals surface area contributed by atoms with Gasteiger partial charge in [-0.3, -0.25) is 4.79 Å². The highest BCUT2D eigenvalue weighted by Crippen LogP contribution is 2.31. The number of rotatable bonds is 4. The zero-order valence-corrected chi connectivity index (χ0v) is 16.4. The summed E-state index contributed by atoms with van der Waals surface area (Å²) >= 11 is 0. The Kier molecular flexibility index (Phi) is 5.35. The number of amides is 1. The number of benzene rings is 2. The lowest BCUT2D eigenvalue weighted by Gasteiger charge is -2.34. The van der Waals surface area contributed by atoms with Gasteiger partial charge in [0.25, 0.3) is 0 Å². The molecule has 1 heterocycles. The van der Waals surface area contributed by atoms with Gasteiger partial charge in [-0.25, -0.2) is 12.8 Å². The lowest BCUT2D eigenvalue weighted by Crippen LogP contribution is -2.52. The first kappa shape index (κ1) is 19.5. The molecule has 0 bridgehead atoms. The summed E-state index contributed by atoms with van der Waals surface area (Å²) in [4.78, 5) is 12.5. The van der Waals surface area contributed by atoms with Gasteiger partial charge in [0.1, 0.15) is 11.9 Å². The van der Waals surface area contributed by atoms with Crippen molar-refractivity contribution in [1.29, 1.82) is 0 Å². The van der Waals surface area contributed by atoms with E-state index in [2.05, 4.69) is 19.2 Å². The van der Waals surface area contributed by atoms with Crippen LogP contribution in [0.2, 0.25) is 0 Å². The van der Waals surface area contributed by atoms with Crippen LogP contribution in [0.25, 0.3) is 0 Å². The third kappa shape index (κ3) is 3.75. The highest BCUT2D eigenvalue weighted by Gasteiger charge is 2.39. The lowest BCUT2D eigenvalue weighted by molar-refractivity contribution is -0.126. The van der Waals surface area contributed by atoms with E-state index in [-0.39, 0.29) is 29.5 Å². The number of piperazine rings is 1. The van der Waals surface area contributed by atoms with Crippen LogP contribution in [0.5, 0.6) is 0 Å². The van der Waals surface area contributed by atoms with E-state index in [1.54, 1.807) is 12.1 Å². The Morgan fingerprint density at radius 3 is 2.41 bits per heavy atom. The molecule has 27 heavy (non-hydrogen) atoms. The SMILES string of the molecule is Cc1cc(S(=O)(=O)N2CCNC(=O)C2c2ccc(C(C)C)cc2)ccc1F. The van der Waals surface area contributed by atoms with Crippen LogP contribution >= 0.6 is 0 Å². The summed E-state index contributed by atoms with van der Waals surface area (Å²) in [5.41, 5.74) is 1.97. The second kappa shape index (κ2) is 7.40. The van der Waals surface area contributed by atoms with Crippen molar-refractivity contribution in [1.82, 2.24) is 9.62 Å². The molecule has 0 radical (unpaired) electrons. The molecule has 1 fully saturated rings. The van der Waals surface area contributed by atoms with Gasteiger partial charge < -0.3 is 5.32 Å². The smallest absolute Gasteiger partial charge is 0.244 e. The maximum absolute atomic E-state index is 13.6. The minimum atomic E-state index is -3.95. The summed E-state index contributed by atoms with van der Waals surface area (Å²) in [6, 6.07) is 10.1. The molecule has 1 saturated heterocycles. The quantitative estimate of drug-likeness (QED) is 0.872. The van der Waals surface area contributed by atoms with Gasteiger partial charge in [-0.2, -0.15) is 4.31 Å². The molecule has 1 aliphatic rings. The summed E-state index contributed by atoms with van der Waals surface area (Å²) in [5.74, 6) is -0.492. The lowest BCUT2D eigenvalue weighted by atomic mass is 9.98. The van der Waals surface area contributed by atoms with Crippen LogP contribution in [0.3, 0.4) is 0 Å². The van der Waals surface area contributed by atoms with Gasteiger partial charge in [0.15, 0.2) is 0 Å². The number of carbonyl (C=O) groups excluding carboxylic acids is 1. The molecule has 0 saturated carbocycles. The Hall–Kier alpha value is -2.25. The second-order valence-corrected chi connectivity index (χ2v) is 8.93. The first-order valence-corrected chi connectivity index (χ1v) is 10.3. The van der Waals surface area contributed by atoms with E-state index in [4.69, 9.17) is 0 Å². The average molecular weight is 390 g/mol. The Balaban J connectivity index is 2.03. The van der Waals surface area contributed by atoms with Crippen LogP contribution in [0.1, 0.15) is 42.5 Å². The van der Waals surface area contributed by atoms with Crippen molar-refractivity contribution in [3.8, 4) is 0 Å². The second-order valence-electron chi connectivity index (χ2n) is 7.04. The molecule has 5 nitrogen and oxygen atoms in total. The Bertz CT molecular complexity index is 956. The van der Waals surface area contributed by atoms with E-state index in [1.165, 1.54) is 23.4 Å². The Labute approximate surface area is 159 Å². The van der Waals surface area contributed by atoms with Crippen LogP contribution in [0.15, 0.2) is 47.4 Å². The van der Waals surface area contributed by atoms with Crippen molar-refractivity contribution in [3.63, 3.8) is 0 Å². The zero-order chi connectivity index (χ0) is 19.8. The van der Waals surface area contributed by atoms with Gasteiger partial charge in [0.2, 0.25) is 15.9 Å². The van der Waals surface area contributed by atoms with Crippen molar-refractivity contribution in [2.75, 3.05) is 13.1 Å². The Morgan fingerprint density at radius 1 is 1.15 bits per heavy atom. The van der Waals surface area contributed by atoms with Gasteiger partial charge in [-0.15, -0.1) is 0 Å². The molecule has 0 aromatic heterocycles. The third-order valence-electron chi connectivity index (χ3n) is 4.82. The van der Waals surface area contributed by atoms with E-state index in [0.717, 1.165) is 11.6 Å².